The van der Waals surface area contributed by atoms with E-state index in [1.54, 1.807) is 18.2 Å². The Labute approximate surface area is 111 Å². The molecule has 2 aliphatic rings. The van der Waals surface area contributed by atoms with Crippen LogP contribution in [0.25, 0.3) is 0 Å². The van der Waals surface area contributed by atoms with Gasteiger partial charge in [-0.15, -0.1) is 0 Å². The lowest BCUT2D eigenvalue weighted by atomic mass is 10.0. The van der Waals surface area contributed by atoms with Gasteiger partial charge in [-0.3, -0.25) is 4.79 Å². The summed E-state index contributed by atoms with van der Waals surface area (Å²) in [5.74, 6) is 0.945. The molecule has 100 valence electrons. The molecule has 0 radical (unpaired) electrons. The number of aromatic carboxylic acids is 1. The molecule has 0 aromatic heterocycles. The van der Waals surface area contributed by atoms with Crippen molar-refractivity contribution in [2.24, 2.45) is 17.8 Å². The highest BCUT2D eigenvalue weighted by Crippen LogP contribution is 2.54. The van der Waals surface area contributed by atoms with E-state index in [-0.39, 0.29) is 17.4 Å². The second kappa shape index (κ2) is 4.68. The standard InChI is InChI=1S/C15H17NO3/c17-14(13-6-11-5-12(11)7-13)16-8-9-2-1-3-10(4-9)15(18)19/h1-4,11-13H,5-8H2,(H,16,17)(H,18,19). The first-order valence-corrected chi connectivity index (χ1v) is 6.73. The minimum Gasteiger partial charge on any atom is -0.478 e. The van der Waals surface area contributed by atoms with Crippen LogP contribution in [0.15, 0.2) is 24.3 Å². The number of rotatable bonds is 4. The monoisotopic (exact) mass is 259 g/mol. The third-order valence-corrected chi connectivity index (χ3v) is 4.26. The van der Waals surface area contributed by atoms with Crippen LogP contribution >= 0.6 is 0 Å². The Morgan fingerprint density at radius 2 is 1.95 bits per heavy atom. The van der Waals surface area contributed by atoms with Crippen molar-refractivity contribution in [2.45, 2.75) is 25.8 Å². The quantitative estimate of drug-likeness (QED) is 0.869. The summed E-state index contributed by atoms with van der Waals surface area (Å²) in [6, 6.07) is 6.70. The van der Waals surface area contributed by atoms with Crippen molar-refractivity contribution in [3.05, 3.63) is 35.4 Å². The second-order valence-electron chi connectivity index (χ2n) is 5.65. The van der Waals surface area contributed by atoms with Crippen LogP contribution in [0, 0.1) is 17.8 Å². The number of nitrogens with one attached hydrogen (secondary N) is 1. The van der Waals surface area contributed by atoms with Gasteiger partial charge >= 0.3 is 5.97 Å². The third kappa shape index (κ3) is 2.62. The molecule has 0 saturated heterocycles. The number of carboxylic acid groups (broad SMARTS) is 1. The topological polar surface area (TPSA) is 66.4 Å². The first kappa shape index (κ1) is 12.2. The molecular formula is C15H17NO3. The van der Waals surface area contributed by atoms with Crippen molar-refractivity contribution in [1.82, 2.24) is 5.32 Å². The fourth-order valence-corrected chi connectivity index (χ4v) is 3.08. The molecule has 4 heteroatoms. The van der Waals surface area contributed by atoms with E-state index in [4.69, 9.17) is 5.11 Å². The highest BCUT2D eigenvalue weighted by Gasteiger charge is 2.47. The Morgan fingerprint density at radius 3 is 2.63 bits per heavy atom. The molecule has 2 aliphatic carbocycles. The number of carboxylic acids is 1. The first-order valence-electron chi connectivity index (χ1n) is 6.73. The molecule has 2 atom stereocenters. The van der Waals surface area contributed by atoms with Crippen molar-refractivity contribution < 1.29 is 14.7 Å². The van der Waals surface area contributed by atoms with E-state index < -0.39 is 5.97 Å². The van der Waals surface area contributed by atoms with E-state index in [9.17, 15) is 9.59 Å². The predicted molar refractivity (Wildman–Crippen MR) is 69.6 cm³/mol. The smallest absolute Gasteiger partial charge is 0.335 e. The molecule has 1 aromatic rings. The molecule has 19 heavy (non-hydrogen) atoms. The zero-order chi connectivity index (χ0) is 13.4. The minimum absolute atomic E-state index is 0.118. The van der Waals surface area contributed by atoms with Gasteiger partial charge < -0.3 is 10.4 Å². The van der Waals surface area contributed by atoms with Gasteiger partial charge in [-0.1, -0.05) is 12.1 Å². The van der Waals surface area contributed by atoms with Crippen molar-refractivity contribution >= 4 is 11.9 Å². The molecule has 0 spiro atoms. The number of fused-ring (bicyclic) bond motifs is 1. The third-order valence-electron chi connectivity index (χ3n) is 4.26. The summed E-state index contributed by atoms with van der Waals surface area (Å²) >= 11 is 0. The molecule has 4 nitrogen and oxygen atoms in total. The molecule has 2 N–H and O–H groups in total. The lowest BCUT2D eigenvalue weighted by Gasteiger charge is -2.12. The van der Waals surface area contributed by atoms with Gasteiger partial charge in [0.2, 0.25) is 5.91 Å². The van der Waals surface area contributed by atoms with E-state index in [2.05, 4.69) is 5.32 Å². The Hall–Kier alpha value is -1.84. The van der Waals surface area contributed by atoms with Gasteiger partial charge in [0, 0.05) is 12.5 Å². The van der Waals surface area contributed by atoms with E-state index in [1.807, 2.05) is 6.07 Å². The van der Waals surface area contributed by atoms with Crippen molar-refractivity contribution in [3.8, 4) is 0 Å². The zero-order valence-corrected chi connectivity index (χ0v) is 10.6. The van der Waals surface area contributed by atoms with Gasteiger partial charge in [-0.2, -0.15) is 0 Å². The van der Waals surface area contributed by atoms with Gasteiger partial charge in [0.1, 0.15) is 0 Å². The maximum Gasteiger partial charge on any atom is 0.335 e. The summed E-state index contributed by atoms with van der Waals surface area (Å²) in [6.07, 6.45) is 3.38. The molecule has 2 fully saturated rings. The fraction of sp³-hybridized carbons (Fsp3) is 0.467. The van der Waals surface area contributed by atoms with Gasteiger partial charge in [0.25, 0.3) is 0 Å². The van der Waals surface area contributed by atoms with E-state index >= 15 is 0 Å². The largest absolute Gasteiger partial charge is 0.478 e. The lowest BCUT2D eigenvalue weighted by molar-refractivity contribution is -0.125. The van der Waals surface area contributed by atoms with Gasteiger partial charge in [-0.25, -0.2) is 4.79 Å². The van der Waals surface area contributed by atoms with Crippen LogP contribution in [-0.2, 0) is 11.3 Å². The summed E-state index contributed by atoms with van der Waals surface area (Å²) < 4.78 is 0. The van der Waals surface area contributed by atoms with E-state index in [0.29, 0.717) is 6.54 Å². The van der Waals surface area contributed by atoms with Crippen LogP contribution < -0.4 is 5.32 Å². The van der Waals surface area contributed by atoms with Gasteiger partial charge in [0.15, 0.2) is 0 Å². The summed E-state index contributed by atoms with van der Waals surface area (Å²) in [5.41, 5.74) is 1.09. The maximum absolute atomic E-state index is 12.0. The van der Waals surface area contributed by atoms with Crippen LogP contribution in [0.3, 0.4) is 0 Å². The van der Waals surface area contributed by atoms with Crippen LogP contribution in [-0.4, -0.2) is 17.0 Å². The van der Waals surface area contributed by atoms with Crippen molar-refractivity contribution in [1.29, 1.82) is 0 Å². The van der Waals surface area contributed by atoms with Crippen LogP contribution in [0.1, 0.15) is 35.2 Å². The predicted octanol–water partition coefficient (Wildman–Crippen LogP) is 2.05. The number of benzene rings is 1. The summed E-state index contributed by atoms with van der Waals surface area (Å²) in [6.45, 7) is 0.409. The maximum atomic E-state index is 12.0. The molecule has 1 amide bonds. The van der Waals surface area contributed by atoms with E-state index in [0.717, 1.165) is 30.2 Å². The average Bonchev–Trinajstić information content (AvgIpc) is 3.03. The Morgan fingerprint density at radius 1 is 1.21 bits per heavy atom. The summed E-state index contributed by atoms with van der Waals surface area (Å²) in [4.78, 5) is 22.8. The molecular weight excluding hydrogens is 242 g/mol. The molecule has 2 saturated carbocycles. The number of hydrogen-bond donors (Lipinski definition) is 2. The minimum atomic E-state index is -0.941. The molecule has 3 rings (SSSR count). The zero-order valence-electron chi connectivity index (χ0n) is 10.6. The van der Waals surface area contributed by atoms with E-state index in [1.165, 1.54) is 6.42 Å². The summed E-state index contributed by atoms with van der Waals surface area (Å²) in [7, 11) is 0. The molecule has 0 aliphatic heterocycles. The van der Waals surface area contributed by atoms with Gasteiger partial charge in [-0.05, 0) is 48.8 Å². The number of carbonyl (C=O) groups is 2. The number of amides is 1. The Balaban J connectivity index is 1.55. The Kier molecular flexibility index (Phi) is 3.01. The highest BCUT2D eigenvalue weighted by molar-refractivity contribution is 5.87. The SMILES string of the molecule is O=C(O)c1cccc(CNC(=O)C2CC3CC3C2)c1. The summed E-state index contributed by atoms with van der Waals surface area (Å²) in [5, 5.41) is 11.8. The lowest BCUT2D eigenvalue weighted by Crippen LogP contribution is -2.29. The molecule has 0 heterocycles. The van der Waals surface area contributed by atoms with Crippen LogP contribution in [0.2, 0.25) is 0 Å². The van der Waals surface area contributed by atoms with Gasteiger partial charge in [0.05, 0.1) is 5.56 Å². The number of hydrogen-bond acceptors (Lipinski definition) is 2. The number of carbonyl (C=O) groups excluding carboxylic acids is 1. The van der Waals surface area contributed by atoms with Crippen molar-refractivity contribution in [3.63, 3.8) is 0 Å². The second-order valence-corrected chi connectivity index (χ2v) is 5.65. The van der Waals surface area contributed by atoms with Crippen LogP contribution in [0.4, 0.5) is 0 Å². The Bertz CT molecular complexity index is 516. The normalized spacial score (nSPS) is 27.7. The molecule has 0 bridgehead atoms. The fourth-order valence-electron chi connectivity index (χ4n) is 3.08. The highest BCUT2D eigenvalue weighted by atomic mass is 16.4. The first-order chi connectivity index (χ1) is 9.13. The average molecular weight is 259 g/mol. The molecule has 1 aromatic carbocycles. The van der Waals surface area contributed by atoms with Crippen LogP contribution in [0.5, 0.6) is 0 Å². The molecule has 2 unspecified atom stereocenters. The van der Waals surface area contributed by atoms with Crippen molar-refractivity contribution in [2.75, 3.05) is 0 Å².